The quantitative estimate of drug-likeness (QED) is 0.0671. The Labute approximate surface area is 293 Å². The lowest BCUT2D eigenvalue weighted by atomic mass is 10.0. The van der Waals surface area contributed by atoms with Crippen molar-refractivity contribution in [2.24, 2.45) is 9.98 Å². The molecule has 0 saturated heterocycles. The summed E-state index contributed by atoms with van der Waals surface area (Å²) in [4.78, 5) is 45.0. The second-order valence-electron chi connectivity index (χ2n) is 15.0. The first-order valence-corrected chi connectivity index (χ1v) is 17.4. The summed E-state index contributed by atoms with van der Waals surface area (Å²) in [6.07, 6.45) is 6.92. The molecule has 0 aliphatic carbocycles. The molecule has 0 spiro atoms. The molecule has 0 aliphatic heterocycles. The van der Waals surface area contributed by atoms with Crippen LogP contribution < -0.4 is 15.4 Å². The second kappa shape index (κ2) is 21.2. The normalized spacial score (nSPS) is 12.6. The van der Waals surface area contributed by atoms with E-state index in [0.29, 0.717) is 25.3 Å². The van der Waals surface area contributed by atoms with E-state index in [2.05, 4.69) is 20.6 Å². The highest BCUT2D eigenvalue weighted by molar-refractivity contribution is 5.99. The monoisotopic (exact) mass is 687 g/mol. The van der Waals surface area contributed by atoms with E-state index in [0.717, 1.165) is 74.8 Å². The number of guanidine groups is 1. The number of carbonyl (C=O) groups is 3. The van der Waals surface area contributed by atoms with Gasteiger partial charge in [-0.1, -0.05) is 32.1 Å². The lowest BCUT2D eigenvalue weighted by Crippen LogP contribution is -2.44. The Morgan fingerprint density at radius 3 is 1.69 bits per heavy atom. The Bertz CT molecular complexity index is 1250. The predicted octanol–water partition coefficient (Wildman–Crippen LogP) is 9.14. The molecule has 49 heavy (non-hydrogen) atoms. The van der Waals surface area contributed by atoms with Crippen LogP contribution in [-0.2, 0) is 14.2 Å². The first kappa shape index (κ1) is 43.1. The zero-order valence-corrected chi connectivity index (χ0v) is 31.5. The van der Waals surface area contributed by atoms with Crippen LogP contribution >= 0.6 is 0 Å². The van der Waals surface area contributed by atoms with Gasteiger partial charge in [-0.2, -0.15) is 4.99 Å². The summed E-state index contributed by atoms with van der Waals surface area (Å²) in [5.74, 6) is 0.741. The third-order valence-corrected chi connectivity index (χ3v) is 6.46. The van der Waals surface area contributed by atoms with Gasteiger partial charge in [0.15, 0.2) is 0 Å². The third-order valence-electron chi connectivity index (χ3n) is 6.46. The molecule has 0 radical (unpaired) electrons. The minimum atomic E-state index is -0.806. The van der Waals surface area contributed by atoms with Crippen molar-refractivity contribution in [3.63, 3.8) is 0 Å². The molecule has 0 saturated carbocycles. The van der Waals surface area contributed by atoms with Gasteiger partial charge in [0, 0.05) is 18.0 Å². The van der Waals surface area contributed by atoms with Gasteiger partial charge in [0.1, 0.15) is 22.6 Å². The van der Waals surface area contributed by atoms with Gasteiger partial charge in [0.25, 0.3) is 0 Å². The van der Waals surface area contributed by atoms with E-state index < -0.39 is 35.1 Å². The number of alkyl carbamates (subject to hydrolysis) is 1. The Hall–Kier alpha value is -3.96. The topological polar surface area (TPSA) is 161 Å². The highest BCUT2D eigenvalue weighted by Gasteiger charge is 2.20. The van der Waals surface area contributed by atoms with E-state index in [9.17, 15) is 14.4 Å². The van der Waals surface area contributed by atoms with Crippen LogP contribution in [0.15, 0.2) is 34.3 Å². The van der Waals surface area contributed by atoms with E-state index in [-0.39, 0.29) is 5.96 Å². The fourth-order valence-corrected chi connectivity index (χ4v) is 4.35. The number of nitrogens with zero attached hydrogens (tertiary/aromatic N) is 2. The average molecular weight is 688 g/mol. The molecular formula is C37H61N5O7. The molecule has 0 heterocycles. The number of rotatable bonds is 16. The molecule has 0 aliphatic rings. The Morgan fingerprint density at radius 1 is 0.673 bits per heavy atom. The lowest BCUT2D eigenvalue weighted by molar-refractivity contribution is 0.0556. The number of ether oxygens (including phenoxy) is 4. The van der Waals surface area contributed by atoms with Crippen LogP contribution in [0, 0.1) is 5.41 Å². The molecule has 0 bridgehead atoms. The fourth-order valence-electron chi connectivity index (χ4n) is 4.35. The molecule has 3 N–H and O–H groups in total. The van der Waals surface area contributed by atoms with Crippen molar-refractivity contribution in [3.8, 4) is 5.75 Å². The van der Waals surface area contributed by atoms with Gasteiger partial charge in [-0.15, -0.1) is 4.99 Å². The number of carbonyl (C=O) groups excluding carboxylic acids is 3. The van der Waals surface area contributed by atoms with Crippen molar-refractivity contribution >= 4 is 35.7 Å². The minimum absolute atomic E-state index is 0.00769. The van der Waals surface area contributed by atoms with Crippen molar-refractivity contribution in [1.29, 1.82) is 5.41 Å². The Kier molecular flexibility index (Phi) is 18.6. The molecule has 0 unspecified atom stereocenters. The zero-order valence-electron chi connectivity index (χ0n) is 31.5. The number of hydrogen-bond acceptors (Lipinski definition) is 8. The first-order chi connectivity index (χ1) is 22.7. The van der Waals surface area contributed by atoms with Crippen molar-refractivity contribution in [1.82, 2.24) is 10.6 Å². The third kappa shape index (κ3) is 23.9. The van der Waals surface area contributed by atoms with Crippen LogP contribution in [0.5, 0.6) is 5.75 Å². The lowest BCUT2D eigenvalue weighted by Gasteiger charge is -2.21. The highest BCUT2D eigenvalue weighted by Crippen LogP contribution is 2.16. The Morgan fingerprint density at radius 2 is 1.16 bits per heavy atom. The number of nitrogens with one attached hydrogen (secondary N) is 3. The average Bonchev–Trinajstić information content (AvgIpc) is 2.93. The maximum absolute atomic E-state index is 12.4. The molecule has 0 fully saturated rings. The van der Waals surface area contributed by atoms with E-state index in [1.165, 1.54) is 0 Å². The summed E-state index contributed by atoms with van der Waals surface area (Å²) < 4.78 is 21.8. The van der Waals surface area contributed by atoms with Crippen LogP contribution in [0.2, 0.25) is 0 Å². The molecule has 1 aromatic carbocycles. The fraction of sp³-hybridized carbons (Fsp3) is 0.676. The predicted molar refractivity (Wildman–Crippen MR) is 195 cm³/mol. The molecule has 3 amide bonds. The molecule has 1 rings (SSSR count). The number of unbranched alkanes of at least 4 members (excludes halogenated alkanes) is 6. The van der Waals surface area contributed by atoms with Crippen molar-refractivity contribution < 1.29 is 33.3 Å². The van der Waals surface area contributed by atoms with Crippen LogP contribution in [0.1, 0.15) is 139 Å². The van der Waals surface area contributed by atoms with Gasteiger partial charge >= 0.3 is 18.3 Å². The zero-order chi connectivity index (χ0) is 37.1. The SMILES string of the molecule is CC(=N)c1ccc(OCCC/C(CCCCCCCCCN/C(=N\C(=O)OC(C)(C)C)NC(=O)OC(C)(C)C)=N/C(=O)OC(C)(C)C)cc1. The number of hydrogen-bond donors (Lipinski definition) is 3. The molecule has 12 heteroatoms. The van der Waals surface area contributed by atoms with Gasteiger partial charge in [-0.25, -0.2) is 14.4 Å². The summed E-state index contributed by atoms with van der Waals surface area (Å²) >= 11 is 0. The van der Waals surface area contributed by atoms with Crippen molar-refractivity contribution in [2.45, 2.75) is 150 Å². The van der Waals surface area contributed by atoms with E-state index in [1.54, 1.807) is 48.5 Å². The standard InChI is InChI=1S/C37H61N5O7/c1-27(38)28-21-23-30(24-22-28)46-26-18-20-29(40-32(43)47-35(2,3)4)19-16-14-12-11-13-15-17-25-39-31(41-33(44)48-36(5,6)7)42-34(45)49-37(8,9)10/h21-24,38H,11-20,25-26H2,1-10H3,(H2,39,41,42,44,45)/b38-27?,40-29+. The van der Waals surface area contributed by atoms with Gasteiger partial charge in [0.2, 0.25) is 5.96 Å². The van der Waals surface area contributed by atoms with Crippen molar-refractivity contribution in [3.05, 3.63) is 29.8 Å². The largest absolute Gasteiger partial charge is 0.494 e. The van der Waals surface area contributed by atoms with Crippen LogP contribution in [0.25, 0.3) is 0 Å². The van der Waals surface area contributed by atoms with Gasteiger partial charge in [0.05, 0.1) is 6.61 Å². The summed E-state index contributed by atoms with van der Waals surface area (Å²) in [5.41, 5.74) is 0.180. The summed E-state index contributed by atoms with van der Waals surface area (Å²) in [6.45, 7) is 18.7. The van der Waals surface area contributed by atoms with Crippen molar-refractivity contribution in [2.75, 3.05) is 13.2 Å². The highest BCUT2D eigenvalue weighted by atomic mass is 16.6. The Balaban J connectivity index is 2.47. The molecule has 0 atom stereocenters. The van der Waals surface area contributed by atoms with Gasteiger partial charge < -0.3 is 29.7 Å². The maximum Gasteiger partial charge on any atom is 0.437 e. The second-order valence-corrected chi connectivity index (χ2v) is 15.0. The summed E-state index contributed by atoms with van der Waals surface area (Å²) in [6, 6.07) is 7.47. The van der Waals surface area contributed by atoms with Crippen LogP contribution in [-0.4, -0.2) is 65.6 Å². The van der Waals surface area contributed by atoms with E-state index in [1.807, 2.05) is 45.0 Å². The number of aliphatic imine (C=N–C) groups is 2. The summed E-state index contributed by atoms with van der Waals surface area (Å²) in [7, 11) is 0. The minimum Gasteiger partial charge on any atom is -0.494 e. The molecule has 0 aromatic heterocycles. The molecule has 276 valence electrons. The van der Waals surface area contributed by atoms with Gasteiger partial charge in [-0.05, 0) is 131 Å². The number of benzene rings is 1. The summed E-state index contributed by atoms with van der Waals surface area (Å²) in [5, 5.41) is 13.2. The van der Waals surface area contributed by atoms with E-state index in [4.69, 9.17) is 24.4 Å². The van der Waals surface area contributed by atoms with Gasteiger partial charge in [-0.3, -0.25) is 5.32 Å². The van der Waals surface area contributed by atoms with E-state index >= 15 is 0 Å². The molecule has 12 nitrogen and oxygen atoms in total. The number of amides is 3. The first-order valence-electron chi connectivity index (χ1n) is 17.4. The van der Waals surface area contributed by atoms with Crippen LogP contribution in [0.4, 0.5) is 14.4 Å². The van der Waals surface area contributed by atoms with Crippen LogP contribution in [0.3, 0.4) is 0 Å². The maximum atomic E-state index is 12.4. The molecular weight excluding hydrogens is 626 g/mol. The smallest absolute Gasteiger partial charge is 0.437 e. The molecule has 1 aromatic rings.